The van der Waals surface area contributed by atoms with Gasteiger partial charge < -0.3 is 10.1 Å². The van der Waals surface area contributed by atoms with E-state index in [9.17, 15) is 26.7 Å². The maximum atomic E-state index is 14.6. The van der Waals surface area contributed by atoms with Crippen LogP contribution in [0.5, 0.6) is 11.6 Å². The van der Waals surface area contributed by atoms with Gasteiger partial charge in [0.05, 0.1) is 23.8 Å². The molecule has 0 fully saturated rings. The largest absolute Gasteiger partial charge is 0.435 e. The highest BCUT2D eigenvalue weighted by Crippen LogP contribution is 2.34. The van der Waals surface area contributed by atoms with Crippen LogP contribution in [0.1, 0.15) is 21.5 Å². The molecule has 0 saturated carbocycles. The number of carbonyl (C=O) groups is 1. The van der Waals surface area contributed by atoms with Crippen molar-refractivity contribution >= 4 is 28.4 Å². The Hall–Kier alpha value is -3.86. The number of hydrogen-bond donors (Lipinski definition) is 1. The van der Waals surface area contributed by atoms with Gasteiger partial charge in [0.1, 0.15) is 11.3 Å². The van der Waals surface area contributed by atoms with Crippen LogP contribution in [-0.4, -0.2) is 27.6 Å². The second-order valence-electron chi connectivity index (χ2n) is 7.30. The number of hydrogen-bond acceptors (Lipinski definition) is 5. The number of carbonyl (C=O) groups excluding carboxylic acids is 1. The molecule has 0 aliphatic carbocycles. The fourth-order valence-corrected chi connectivity index (χ4v) is 3.27. The summed E-state index contributed by atoms with van der Waals surface area (Å²) in [5.41, 5.74) is -1.49. The monoisotopic (exact) mass is 508 g/mol. The van der Waals surface area contributed by atoms with Crippen LogP contribution in [0.2, 0.25) is 5.02 Å². The molecule has 4 aromatic rings. The van der Waals surface area contributed by atoms with E-state index in [4.69, 9.17) is 16.3 Å². The summed E-state index contributed by atoms with van der Waals surface area (Å²) in [5, 5.41) is 10.3. The third-order valence-corrected chi connectivity index (χ3v) is 5.11. The normalized spacial score (nSPS) is 11.9. The molecule has 2 aromatic carbocycles. The van der Waals surface area contributed by atoms with Crippen LogP contribution >= 0.6 is 11.6 Å². The fraction of sp³-hybridized carbons (Fsp3) is 0.130. The van der Waals surface area contributed by atoms with Crippen molar-refractivity contribution in [2.24, 2.45) is 0 Å². The summed E-state index contributed by atoms with van der Waals surface area (Å²) in [4.78, 5) is 16.5. The van der Waals surface area contributed by atoms with Gasteiger partial charge in [-0.15, -0.1) is 10.2 Å². The van der Waals surface area contributed by atoms with Crippen molar-refractivity contribution in [2.45, 2.75) is 12.1 Å². The minimum atomic E-state index is -4.69. The predicted octanol–water partition coefficient (Wildman–Crippen LogP) is 6.01. The van der Waals surface area contributed by atoms with Gasteiger partial charge >= 0.3 is 6.18 Å². The van der Waals surface area contributed by atoms with Crippen LogP contribution in [0, 0.1) is 0 Å². The zero-order chi connectivity index (χ0) is 25.2. The van der Waals surface area contributed by atoms with Gasteiger partial charge in [-0.1, -0.05) is 41.9 Å². The van der Waals surface area contributed by atoms with E-state index in [1.54, 1.807) is 12.1 Å². The SMILES string of the molecule is O=C(NCC(F)(F)c1ccc(Cl)cc1)c1c(Oc2cncc(C(F)(F)F)c2)nnc2ccccc12. The third kappa shape index (κ3) is 5.46. The van der Waals surface area contributed by atoms with Gasteiger partial charge in [0.2, 0.25) is 0 Å². The van der Waals surface area contributed by atoms with Crippen molar-refractivity contribution in [3.8, 4) is 11.6 Å². The number of benzene rings is 2. The van der Waals surface area contributed by atoms with Crippen molar-refractivity contribution in [3.63, 3.8) is 0 Å². The molecule has 180 valence electrons. The van der Waals surface area contributed by atoms with Gasteiger partial charge in [-0.3, -0.25) is 9.78 Å². The lowest BCUT2D eigenvalue weighted by Crippen LogP contribution is -2.35. The van der Waals surface area contributed by atoms with Gasteiger partial charge in [-0.25, -0.2) is 0 Å². The van der Waals surface area contributed by atoms with E-state index >= 15 is 0 Å². The fourth-order valence-electron chi connectivity index (χ4n) is 3.14. The van der Waals surface area contributed by atoms with Crippen LogP contribution in [-0.2, 0) is 12.1 Å². The number of nitrogens with zero attached hydrogens (tertiary/aromatic N) is 3. The Morgan fingerprint density at radius 3 is 2.37 bits per heavy atom. The summed E-state index contributed by atoms with van der Waals surface area (Å²) in [7, 11) is 0. The number of aromatic nitrogens is 3. The Kier molecular flexibility index (Phi) is 6.53. The lowest BCUT2D eigenvalue weighted by atomic mass is 10.1. The van der Waals surface area contributed by atoms with Crippen molar-refractivity contribution in [1.29, 1.82) is 0 Å². The van der Waals surface area contributed by atoms with E-state index in [0.717, 1.165) is 18.3 Å². The summed E-state index contributed by atoms with van der Waals surface area (Å²) in [6, 6.07) is 11.7. The lowest BCUT2D eigenvalue weighted by Gasteiger charge is -2.18. The number of fused-ring (bicyclic) bond motifs is 1. The molecule has 1 amide bonds. The summed E-state index contributed by atoms with van der Waals surface area (Å²) < 4.78 is 73.8. The first-order valence-electron chi connectivity index (χ1n) is 9.92. The number of nitrogens with one attached hydrogen (secondary N) is 1. The van der Waals surface area contributed by atoms with E-state index < -0.39 is 36.0 Å². The second kappa shape index (κ2) is 9.41. The average molecular weight is 509 g/mol. The molecular formula is C23H14ClF5N4O2. The molecule has 12 heteroatoms. The Bertz CT molecular complexity index is 1380. The van der Waals surface area contributed by atoms with Crippen LogP contribution in [0.4, 0.5) is 22.0 Å². The van der Waals surface area contributed by atoms with Gasteiger partial charge in [-0.05, 0) is 24.3 Å². The molecule has 0 saturated heterocycles. The number of pyridine rings is 1. The molecule has 0 unspecified atom stereocenters. The molecule has 0 bridgehead atoms. The molecule has 35 heavy (non-hydrogen) atoms. The molecule has 2 heterocycles. The minimum Gasteiger partial charge on any atom is -0.435 e. The average Bonchev–Trinajstić information content (AvgIpc) is 2.82. The summed E-state index contributed by atoms with van der Waals surface area (Å²) in [6.07, 6.45) is -3.09. The number of ether oxygens (including phenoxy) is 1. The van der Waals surface area contributed by atoms with Crippen molar-refractivity contribution in [3.05, 3.63) is 88.7 Å². The van der Waals surface area contributed by atoms with E-state index in [2.05, 4.69) is 20.5 Å². The highest BCUT2D eigenvalue weighted by Gasteiger charge is 2.34. The molecule has 0 aliphatic heterocycles. The standard InChI is InChI=1S/C23H14ClF5N4O2/c24-15-7-5-13(6-8-15)22(25,26)12-31-20(34)19-17-3-1-2-4-18(17)32-33-21(19)35-16-9-14(10-30-11-16)23(27,28)29/h1-11H,12H2,(H,31,34). The molecule has 1 N–H and O–H groups in total. The van der Waals surface area contributed by atoms with E-state index in [0.29, 0.717) is 12.3 Å². The number of rotatable bonds is 6. The Labute approximate surface area is 199 Å². The zero-order valence-corrected chi connectivity index (χ0v) is 18.2. The highest BCUT2D eigenvalue weighted by atomic mass is 35.5. The topological polar surface area (TPSA) is 77.0 Å². The van der Waals surface area contributed by atoms with Crippen LogP contribution < -0.4 is 10.1 Å². The molecule has 0 spiro atoms. The summed E-state index contributed by atoms with van der Waals surface area (Å²) >= 11 is 5.74. The van der Waals surface area contributed by atoms with Crippen molar-refractivity contribution < 1.29 is 31.5 Å². The Morgan fingerprint density at radius 2 is 1.66 bits per heavy atom. The first-order valence-corrected chi connectivity index (χ1v) is 10.3. The van der Waals surface area contributed by atoms with Gasteiger partial charge in [0.15, 0.2) is 0 Å². The third-order valence-electron chi connectivity index (χ3n) is 4.86. The van der Waals surface area contributed by atoms with Crippen molar-refractivity contribution in [1.82, 2.24) is 20.5 Å². The smallest absolute Gasteiger partial charge is 0.418 e. The Balaban J connectivity index is 1.66. The molecule has 6 nitrogen and oxygen atoms in total. The van der Waals surface area contributed by atoms with E-state index in [-0.39, 0.29) is 32.8 Å². The Morgan fingerprint density at radius 1 is 0.943 bits per heavy atom. The van der Waals surface area contributed by atoms with Gasteiger partial charge in [0, 0.05) is 22.2 Å². The molecule has 0 aliphatic rings. The molecule has 0 radical (unpaired) electrons. The van der Waals surface area contributed by atoms with Crippen LogP contribution in [0.15, 0.2) is 67.0 Å². The summed E-state index contributed by atoms with van der Waals surface area (Å²) in [5.74, 6) is -5.27. The molecule has 2 aromatic heterocycles. The number of amides is 1. The van der Waals surface area contributed by atoms with E-state index in [1.807, 2.05) is 0 Å². The molecule has 4 rings (SSSR count). The maximum absolute atomic E-state index is 14.6. The number of alkyl halides is 5. The first kappa shape index (κ1) is 24.3. The summed E-state index contributed by atoms with van der Waals surface area (Å²) in [6.45, 7) is -1.07. The first-order chi connectivity index (χ1) is 16.5. The van der Waals surface area contributed by atoms with Gasteiger partial charge in [-0.2, -0.15) is 22.0 Å². The van der Waals surface area contributed by atoms with E-state index in [1.165, 1.54) is 24.3 Å². The molecule has 0 atom stereocenters. The second-order valence-corrected chi connectivity index (χ2v) is 7.74. The van der Waals surface area contributed by atoms with Crippen molar-refractivity contribution in [2.75, 3.05) is 6.54 Å². The maximum Gasteiger partial charge on any atom is 0.418 e. The highest BCUT2D eigenvalue weighted by molar-refractivity contribution is 6.30. The van der Waals surface area contributed by atoms with Gasteiger partial charge in [0.25, 0.3) is 17.7 Å². The van der Waals surface area contributed by atoms with Crippen LogP contribution in [0.3, 0.4) is 0 Å². The number of halogens is 6. The predicted molar refractivity (Wildman–Crippen MR) is 117 cm³/mol. The van der Waals surface area contributed by atoms with Crippen LogP contribution in [0.25, 0.3) is 10.9 Å². The lowest BCUT2D eigenvalue weighted by molar-refractivity contribution is -0.137. The quantitative estimate of drug-likeness (QED) is 0.323. The zero-order valence-electron chi connectivity index (χ0n) is 17.5. The minimum absolute atomic E-state index is 0.199. The molecular weight excluding hydrogens is 495 g/mol.